The summed E-state index contributed by atoms with van der Waals surface area (Å²) < 4.78 is 11.6. The SMILES string of the molecule is COc1nccnc1N1CCC2(CN(C(=O)c3cnc4c(c3)CCCC4)CCO2)C1. The highest BCUT2D eigenvalue weighted by Gasteiger charge is 2.45. The van der Waals surface area contributed by atoms with Crippen molar-refractivity contribution in [1.29, 1.82) is 0 Å². The molecule has 0 aromatic carbocycles. The number of carbonyl (C=O) groups excluding carboxylic acids is 1. The van der Waals surface area contributed by atoms with Crippen LogP contribution < -0.4 is 9.64 Å². The van der Waals surface area contributed by atoms with E-state index in [2.05, 4.69) is 25.9 Å². The summed E-state index contributed by atoms with van der Waals surface area (Å²) in [6.07, 6.45) is 10.3. The molecule has 4 heterocycles. The molecule has 3 aliphatic rings. The summed E-state index contributed by atoms with van der Waals surface area (Å²) in [5, 5.41) is 0. The fourth-order valence-electron chi connectivity index (χ4n) is 4.86. The van der Waals surface area contributed by atoms with Crippen LogP contribution in [0.25, 0.3) is 0 Å². The van der Waals surface area contributed by atoms with Gasteiger partial charge >= 0.3 is 0 Å². The smallest absolute Gasteiger partial charge is 0.257 e. The first kappa shape index (κ1) is 19.2. The first-order valence-corrected chi connectivity index (χ1v) is 10.7. The summed E-state index contributed by atoms with van der Waals surface area (Å²) in [7, 11) is 1.60. The highest BCUT2D eigenvalue weighted by atomic mass is 16.5. The van der Waals surface area contributed by atoms with Gasteiger partial charge in [0, 0.05) is 37.4 Å². The van der Waals surface area contributed by atoms with Gasteiger partial charge in [-0.1, -0.05) is 0 Å². The Morgan fingerprint density at radius 3 is 2.90 bits per heavy atom. The minimum atomic E-state index is -0.391. The van der Waals surface area contributed by atoms with Crippen LogP contribution in [0.5, 0.6) is 5.88 Å². The summed E-state index contributed by atoms with van der Waals surface area (Å²) in [4.78, 5) is 30.6. The average molecular weight is 409 g/mol. The van der Waals surface area contributed by atoms with Crippen LogP contribution in [0.2, 0.25) is 0 Å². The van der Waals surface area contributed by atoms with Crippen molar-refractivity contribution in [3.05, 3.63) is 41.5 Å². The maximum absolute atomic E-state index is 13.3. The summed E-state index contributed by atoms with van der Waals surface area (Å²) in [6.45, 7) is 3.16. The summed E-state index contributed by atoms with van der Waals surface area (Å²) in [6, 6.07) is 2.05. The van der Waals surface area contributed by atoms with E-state index in [-0.39, 0.29) is 5.91 Å². The summed E-state index contributed by atoms with van der Waals surface area (Å²) in [5.41, 5.74) is 2.69. The van der Waals surface area contributed by atoms with E-state index in [9.17, 15) is 4.79 Å². The molecule has 8 heteroatoms. The first-order valence-electron chi connectivity index (χ1n) is 10.7. The van der Waals surface area contributed by atoms with Crippen molar-refractivity contribution in [3.63, 3.8) is 0 Å². The number of anilines is 1. The van der Waals surface area contributed by atoms with E-state index in [1.165, 1.54) is 18.4 Å². The number of ether oxygens (including phenoxy) is 2. The van der Waals surface area contributed by atoms with Crippen molar-refractivity contribution in [2.24, 2.45) is 0 Å². The molecule has 0 bridgehead atoms. The highest BCUT2D eigenvalue weighted by Crippen LogP contribution is 2.35. The number of rotatable bonds is 3. The molecule has 2 aromatic rings. The molecule has 2 fully saturated rings. The van der Waals surface area contributed by atoms with Crippen molar-refractivity contribution in [2.45, 2.75) is 37.7 Å². The molecule has 1 atom stereocenters. The lowest BCUT2D eigenvalue weighted by Crippen LogP contribution is -2.55. The lowest BCUT2D eigenvalue weighted by molar-refractivity contribution is -0.0856. The molecule has 30 heavy (non-hydrogen) atoms. The molecular formula is C22H27N5O3. The second-order valence-corrected chi connectivity index (χ2v) is 8.36. The Hall–Kier alpha value is -2.74. The minimum absolute atomic E-state index is 0.0501. The number of fused-ring (bicyclic) bond motifs is 1. The molecule has 158 valence electrons. The van der Waals surface area contributed by atoms with Crippen LogP contribution in [0.4, 0.5) is 5.82 Å². The Bertz CT molecular complexity index is 952. The molecule has 2 aromatic heterocycles. The third kappa shape index (κ3) is 3.49. The fraction of sp³-hybridized carbons (Fsp3) is 0.545. The van der Waals surface area contributed by atoms with E-state index in [0.717, 1.165) is 37.3 Å². The first-order chi connectivity index (χ1) is 14.7. The standard InChI is InChI=1S/C22H27N5O3/c1-29-20-19(23-7-8-24-20)26-9-6-22(14-26)15-27(10-11-30-22)21(28)17-12-16-4-2-3-5-18(16)25-13-17/h7-8,12-13H,2-6,9-11,14-15H2,1H3. The molecular weight excluding hydrogens is 382 g/mol. The van der Waals surface area contributed by atoms with Crippen molar-refractivity contribution < 1.29 is 14.3 Å². The molecule has 8 nitrogen and oxygen atoms in total. The number of amides is 1. The van der Waals surface area contributed by atoms with Gasteiger partial charge in [-0.25, -0.2) is 9.97 Å². The highest BCUT2D eigenvalue weighted by molar-refractivity contribution is 5.94. The Balaban J connectivity index is 1.32. The van der Waals surface area contributed by atoms with E-state index in [4.69, 9.17) is 9.47 Å². The van der Waals surface area contributed by atoms with Crippen LogP contribution in [0.1, 0.15) is 40.9 Å². The second kappa shape index (κ2) is 7.83. The van der Waals surface area contributed by atoms with Gasteiger partial charge in [0.1, 0.15) is 5.60 Å². The number of hydrogen-bond acceptors (Lipinski definition) is 7. The van der Waals surface area contributed by atoms with Gasteiger partial charge in [-0.05, 0) is 43.7 Å². The quantitative estimate of drug-likeness (QED) is 0.766. The predicted octanol–water partition coefficient (Wildman–Crippen LogP) is 1.88. The number of morpholine rings is 1. The normalized spacial score (nSPS) is 23.5. The van der Waals surface area contributed by atoms with E-state index in [1.807, 2.05) is 4.90 Å². The molecule has 1 amide bonds. The Morgan fingerprint density at radius 2 is 2.00 bits per heavy atom. The molecule has 1 unspecified atom stereocenters. The zero-order chi connectivity index (χ0) is 20.6. The third-order valence-corrected chi connectivity index (χ3v) is 6.41. The number of pyridine rings is 1. The van der Waals surface area contributed by atoms with E-state index in [1.54, 1.807) is 25.7 Å². The molecule has 0 saturated carbocycles. The van der Waals surface area contributed by atoms with Gasteiger partial charge in [0.2, 0.25) is 0 Å². The number of aryl methyl sites for hydroxylation is 2. The van der Waals surface area contributed by atoms with Gasteiger partial charge in [0.15, 0.2) is 5.82 Å². The van der Waals surface area contributed by atoms with Crippen LogP contribution in [-0.2, 0) is 17.6 Å². The molecule has 2 aliphatic heterocycles. The number of aromatic nitrogens is 3. The second-order valence-electron chi connectivity index (χ2n) is 8.36. The Morgan fingerprint density at radius 1 is 1.13 bits per heavy atom. The van der Waals surface area contributed by atoms with Gasteiger partial charge in [0.25, 0.3) is 11.8 Å². The van der Waals surface area contributed by atoms with Crippen molar-refractivity contribution in [1.82, 2.24) is 19.9 Å². The summed E-state index contributed by atoms with van der Waals surface area (Å²) >= 11 is 0. The average Bonchev–Trinajstić information content (AvgIpc) is 3.21. The van der Waals surface area contributed by atoms with E-state index >= 15 is 0 Å². The monoisotopic (exact) mass is 409 g/mol. The largest absolute Gasteiger partial charge is 0.478 e. The van der Waals surface area contributed by atoms with E-state index < -0.39 is 5.60 Å². The van der Waals surface area contributed by atoms with Gasteiger partial charge in [0.05, 0.1) is 32.4 Å². The zero-order valence-corrected chi connectivity index (χ0v) is 17.3. The van der Waals surface area contributed by atoms with Crippen LogP contribution in [0.3, 0.4) is 0 Å². The lowest BCUT2D eigenvalue weighted by Gasteiger charge is -2.40. The van der Waals surface area contributed by atoms with Gasteiger partial charge in [-0.2, -0.15) is 0 Å². The van der Waals surface area contributed by atoms with Crippen molar-refractivity contribution >= 4 is 11.7 Å². The van der Waals surface area contributed by atoms with Gasteiger partial charge in [-0.3, -0.25) is 9.78 Å². The van der Waals surface area contributed by atoms with Crippen LogP contribution in [0, 0.1) is 0 Å². The Kier molecular flexibility index (Phi) is 5.02. The van der Waals surface area contributed by atoms with Gasteiger partial charge in [-0.15, -0.1) is 0 Å². The molecule has 0 radical (unpaired) electrons. The molecule has 5 rings (SSSR count). The topological polar surface area (TPSA) is 80.7 Å². The van der Waals surface area contributed by atoms with Crippen LogP contribution in [-0.4, -0.2) is 71.3 Å². The summed E-state index contributed by atoms with van der Waals surface area (Å²) in [5.74, 6) is 1.29. The van der Waals surface area contributed by atoms with E-state index in [0.29, 0.717) is 37.7 Å². The third-order valence-electron chi connectivity index (χ3n) is 6.41. The molecule has 0 N–H and O–H groups in total. The van der Waals surface area contributed by atoms with Crippen LogP contribution in [0.15, 0.2) is 24.7 Å². The maximum atomic E-state index is 13.3. The number of nitrogens with zero attached hydrogens (tertiary/aromatic N) is 5. The zero-order valence-electron chi connectivity index (χ0n) is 17.3. The minimum Gasteiger partial charge on any atom is -0.478 e. The van der Waals surface area contributed by atoms with Crippen molar-refractivity contribution in [2.75, 3.05) is 44.8 Å². The molecule has 2 saturated heterocycles. The van der Waals surface area contributed by atoms with Crippen LogP contribution >= 0.6 is 0 Å². The maximum Gasteiger partial charge on any atom is 0.257 e. The number of carbonyl (C=O) groups is 1. The number of hydrogen-bond donors (Lipinski definition) is 0. The van der Waals surface area contributed by atoms with Gasteiger partial charge < -0.3 is 19.3 Å². The predicted molar refractivity (Wildman–Crippen MR) is 111 cm³/mol. The lowest BCUT2D eigenvalue weighted by atomic mass is 9.94. The van der Waals surface area contributed by atoms with Crippen molar-refractivity contribution in [3.8, 4) is 5.88 Å². The number of methoxy groups -OCH3 is 1. The molecule has 1 aliphatic carbocycles. The molecule has 1 spiro atoms. The fourth-order valence-corrected chi connectivity index (χ4v) is 4.86. The Labute approximate surface area is 176 Å².